The second-order valence-electron chi connectivity index (χ2n) is 7.21. The smallest absolute Gasteiger partial charge is 0.254 e. The first-order valence-electron chi connectivity index (χ1n) is 9.78. The minimum atomic E-state index is 0.190. The molecule has 24 heavy (non-hydrogen) atoms. The Morgan fingerprint density at radius 1 is 1.08 bits per heavy atom. The van der Waals surface area contributed by atoms with Crippen molar-refractivity contribution >= 4 is 11.7 Å². The summed E-state index contributed by atoms with van der Waals surface area (Å²) in [5.74, 6) is 1.17. The lowest BCUT2D eigenvalue weighted by Gasteiger charge is -2.37. The molecule has 0 saturated carbocycles. The zero-order chi connectivity index (χ0) is 16.9. The van der Waals surface area contributed by atoms with Crippen LogP contribution in [-0.2, 0) is 0 Å². The van der Waals surface area contributed by atoms with Gasteiger partial charge >= 0.3 is 0 Å². The number of hydrogen-bond acceptors (Lipinski definition) is 3. The second-order valence-corrected chi connectivity index (χ2v) is 7.21. The number of likely N-dealkylation sites (tertiary alicyclic amines) is 1. The lowest BCUT2D eigenvalue weighted by atomic mass is 9.98. The van der Waals surface area contributed by atoms with Gasteiger partial charge in [-0.3, -0.25) is 4.79 Å². The number of hydrogen-bond donors (Lipinski definition) is 0. The molecular weight excluding hydrogens is 298 g/mol. The zero-order valence-corrected chi connectivity index (χ0v) is 15.2. The van der Waals surface area contributed by atoms with E-state index in [4.69, 9.17) is 0 Å². The van der Waals surface area contributed by atoms with Gasteiger partial charge in [0.25, 0.3) is 5.91 Å². The molecule has 4 heteroatoms. The van der Waals surface area contributed by atoms with Crippen molar-refractivity contribution in [1.82, 2.24) is 9.88 Å². The van der Waals surface area contributed by atoms with E-state index in [-0.39, 0.29) is 5.91 Å². The van der Waals surface area contributed by atoms with Crippen LogP contribution in [0.4, 0.5) is 5.82 Å². The average Bonchev–Trinajstić information content (AvgIpc) is 2.67. The van der Waals surface area contributed by atoms with Crippen LogP contribution < -0.4 is 4.90 Å². The van der Waals surface area contributed by atoms with Gasteiger partial charge in [0.2, 0.25) is 0 Å². The van der Waals surface area contributed by atoms with E-state index in [9.17, 15) is 4.79 Å². The molecule has 1 aromatic rings. The SMILES string of the molecule is CCC1CCCCN1C(=O)c1ccnc(N2CCCCC2CC)c1. The van der Waals surface area contributed by atoms with Crippen molar-refractivity contribution in [3.05, 3.63) is 23.9 Å². The topological polar surface area (TPSA) is 36.4 Å². The highest BCUT2D eigenvalue weighted by molar-refractivity contribution is 5.95. The van der Waals surface area contributed by atoms with Crippen LogP contribution in [0.3, 0.4) is 0 Å². The zero-order valence-electron chi connectivity index (χ0n) is 15.2. The number of carbonyl (C=O) groups excluding carboxylic acids is 1. The van der Waals surface area contributed by atoms with Gasteiger partial charge in [0, 0.05) is 36.9 Å². The molecule has 2 fully saturated rings. The first kappa shape index (κ1) is 17.2. The van der Waals surface area contributed by atoms with E-state index in [0.29, 0.717) is 12.1 Å². The van der Waals surface area contributed by atoms with Gasteiger partial charge in [0.05, 0.1) is 0 Å². The molecule has 3 rings (SSSR count). The van der Waals surface area contributed by atoms with Crippen molar-refractivity contribution in [1.29, 1.82) is 0 Å². The number of piperidine rings is 2. The number of anilines is 1. The van der Waals surface area contributed by atoms with E-state index in [2.05, 4.69) is 28.6 Å². The Hall–Kier alpha value is -1.58. The monoisotopic (exact) mass is 329 g/mol. The van der Waals surface area contributed by atoms with E-state index in [1.807, 2.05) is 18.3 Å². The summed E-state index contributed by atoms with van der Waals surface area (Å²) in [6, 6.07) is 4.88. The Bertz CT molecular complexity index is 560. The van der Waals surface area contributed by atoms with Crippen LogP contribution in [0.25, 0.3) is 0 Å². The summed E-state index contributed by atoms with van der Waals surface area (Å²) < 4.78 is 0. The van der Waals surface area contributed by atoms with Crippen molar-refractivity contribution in [3.8, 4) is 0 Å². The van der Waals surface area contributed by atoms with Gasteiger partial charge in [-0.05, 0) is 63.5 Å². The van der Waals surface area contributed by atoms with E-state index in [1.54, 1.807) is 0 Å². The van der Waals surface area contributed by atoms with E-state index >= 15 is 0 Å². The van der Waals surface area contributed by atoms with Gasteiger partial charge in [-0.2, -0.15) is 0 Å². The standard InChI is InChI=1S/C20H31N3O/c1-3-17-9-5-7-13-22(17)19-15-16(11-12-21-19)20(24)23-14-8-6-10-18(23)4-2/h11-12,15,17-18H,3-10,13-14H2,1-2H3. The van der Waals surface area contributed by atoms with E-state index < -0.39 is 0 Å². The van der Waals surface area contributed by atoms with Gasteiger partial charge in [-0.25, -0.2) is 4.98 Å². The first-order chi connectivity index (χ1) is 11.7. The summed E-state index contributed by atoms with van der Waals surface area (Å²) in [6.07, 6.45) is 11.3. The van der Waals surface area contributed by atoms with Crippen molar-refractivity contribution in [3.63, 3.8) is 0 Å². The number of carbonyl (C=O) groups is 1. The largest absolute Gasteiger partial charge is 0.354 e. The molecule has 2 unspecified atom stereocenters. The predicted molar refractivity (Wildman–Crippen MR) is 98.5 cm³/mol. The molecule has 2 atom stereocenters. The maximum Gasteiger partial charge on any atom is 0.254 e. The summed E-state index contributed by atoms with van der Waals surface area (Å²) in [6.45, 7) is 6.39. The third kappa shape index (κ3) is 3.57. The highest BCUT2D eigenvalue weighted by atomic mass is 16.2. The minimum Gasteiger partial charge on any atom is -0.354 e. The Kier molecular flexibility index (Phi) is 5.75. The predicted octanol–water partition coefficient (Wildman–Crippen LogP) is 4.26. The molecule has 2 saturated heterocycles. The summed E-state index contributed by atoms with van der Waals surface area (Å²) in [7, 11) is 0. The summed E-state index contributed by atoms with van der Waals surface area (Å²) in [4.78, 5) is 22.1. The number of pyridine rings is 1. The molecule has 2 aliphatic heterocycles. The molecule has 132 valence electrons. The van der Waals surface area contributed by atoms with Crippen LogP contribution in [0, 0.1) is 0 Å². The average molecular weight is 329 g/mol. The molecule has 2 aliphatic rings. The molecule has 1 aromatic heterocycles. The maximum atomic E-state index is 13.0. The van der Waals surface area contributed by atoms with Crippen molar-refractivity contribution in [2.45, 2.75) is 77.3 Å². The fourth-order valence-electron chi connectivity index (χ4n) is 4.29. The number of nitrogens with zero attached hydrogens (tertiary/aromatic N) is 3. The molecule has 0 aliphatic carbocycles. The normalized spacial score (nSPS) is 24.9. The van der Waals surface area contributed by atoms with Crippen LogP contribution in [-0.4, -0.2) is 41.0 Å². The van der Waals surface area contributed by atoms with E-state index in [0.717, 1.165) is 50.2 Å². The highest BCUT2D eigenvalue weighted by Crippen LogP contribution is 2.27. The molecule has 0 aromatic carbocycles. The quantitative estimate of drug-likeness (QED) is 0.828. The van der Waals surface area contributed by atoms with Crippen LogP contribution in [0.15, 0.2) is 18.3 Å². The third-order valence-electron chi connectivity index (χ3n) is 5.74. The molecule has 1 amide bonds. The maximum absolute atomic E-state index is 13.0. The summed E-state index contributed by atoms with van der Waals surface area (Å²) in [5.41, 5.74) is 0.806. The van der Waals surface area contributed by atoms with Crippen molar-refractivity contribution in [2.75, 3.05) is 18.0 Å². The van der Waals surface area contributed by atoms with Crippen molar-refractivity contribution in [2.24, 2.45) is 0 Å². The van der Waals surface area contributed by atoms with Gasteiger partial charge < -0.3 is 9.80 Å². The Balaban J connectivity index is 1.80. The van der Waals surface area contributed by atoms with Crippen LogP contribution in [0.1, 0.15) is 75.6 Å². The fraction of sp³-hybridized carbons (Fsp3) is 0.700. The fourth-order valence-corrected chi connectivity index (χ4v) is 4.29. The molecule has 3 heterocycles. The van der Waals surface area contributed by atoms with E-state index in [1.165, 1.54) is 25.7 Å². The van der Waals surface area contributed by atoms with Gasteiger partial charge in [0.1, 0.15) is 5.82 Å². The lowest BCUT2D eigenvalue weighted by Crippen LogP contribution is -2.43. The third-order valence-corrected chi connectivity index (χ3v) is 5.74. The van der Waals surface area contributed by atoms with Gasteiger partial charge in [0.15, 0.2) is 0 Å². The number of aromatic nitrogens is 1. The van der Waals surface area contributed by atoms with Crippen molar-refractivity contribution < 1.29 is 4.79 Å². The summed E-state index contributed by atoms with van der Waals surface area (Å²) in [5, 5.41) is 0. The number of rotatable bonds is 4. The number of amides is 1. The molecule has 0 radical (unpaired) electrons. The Morgan fingerprint density at radius 3 is 2.54 bits per heavy atom. The highest BCUT2D eigenvalue weighted by Gasteiger charge is 2.27. The Labute approximate surface area is 146 Å². The molecule has 0 bridgehead atoms. The Morgan fingerprint density at radius 2 is 1.79 bits per heavy atom. The van der Waals surface area contributed by atoms with Gasteiger partial charge in [-0.1, -0.05) is 13.8 Å². The molecule has 0 N–H and O–H groups in total. The van der Waals surface area contributed by atoms with Crippen LogP contribution in [0.5, 0.6) is 0 Å². The molecule has 4 nitrogen and oxygen atoms in total. The van der Waals surface area contributed by atoms with Crippen LogP contribution >= 0.6 is 0 Å². The second kappa shape index (κ2) is 8.00. The summed E-state index contributed by atoms with van der Waals surface area (Å²) >= 11 is 0. The minimum absolute atomic E-state index is 0.190. The first-order valence-corrected chi connectivity index (χ1v) is 9.78. The van der Waals surface area contributed by atoms with Gasteiger partial charge in [-0.15, -0.1) is 0 Å². The van der Waals surface area contributed by atoms with Crippen LogP contribution in [0.2, 0.25) is 0 Å². The molecule has 0 spiro atoms. The lowest BCUT2D eigenvalue weighted by molar-refractivity contribution is 0.0608. The molecular formula is C20H31N3O.